The van der Waals surface area contributed by atoms with Gasteiger partial charge < -0.3 is 9.64 Å². The Kier molecular flexibility index (Phi) is 5.71. The summed E-state index contributed by atoms with van der Waals surface area (Å²) in [5.74, 6) is 1.56. The zero-order chi connectivity index (χ0) is 11.1. The van der Waals surface area contributed by atoms with Gasteiger partial charge in [0.1, 0.15) is 5.78 Å². The average Bonchev–Trinajstić information content (AvgIpc) is 2.25. The first-order valence-corrected chi connectivity index (χ1v) is 6.28. The fourth-order valence-corrected chi connectivity index (χ4v) is 2.21. The standard InChI is InChI=1S/C10H17NO3S/c1-9(12)2-7-15-8-10(13)11-3-5-14-6-4-11/h2-8H2,1H3. The van der Waals surface area contributed by atoms with E-state index in [1.807, 2.05) is 4.90 Å². The monoisotopic (exact) mass is 231 g/mol. The number of Topliss-reactive ketones (excluding diaryl/α,β-unsaturated/α-hetero) is 1. The molecule has 0 aromatic heterocycles. The highest BCUT2D eigenvalue weighted by molar-refractivity contribution is 7.99. The summed E-state index contributed by atoms with van der Waals surface area (Å²) in [6.07, 6.45) is 0.557. The second-order valence-corrected chi connectivity index (χ2v) is 4.60. The van der Waals surface area contributed by atoms with E-state index in [0.29, 0.717) is 38.5 Å². The summed E-state index contributed by atoms with van der Waals surface area (Å²) in [6, 6.07) is 0. The van der Waals surface area contributed by atoms with Crippen LogP contribution in [0.5, 0.6) is 0 Å². The molecular weight excluding hydrogens is 214 g/mol. The number of hydrogen-bond donors (Lipinski definition) is 0. The van der Waals surface area contributed by atoms with Gasteiger partial charge in [-0.2, -0.15) is 11.8 Å². The van der Waals surface area contributed by atoms with E-state index in [2.05, 4.69) is 0 Å². The fraction of sp³-hybridized carbons (Fsp3) is 0.800. The van der Waals surface area contributed by atoms with Gasteiger partial charge in [-0.05, 0) is 6.92 Å². The minimum absolute atomic E-state index is 0.159. The van der Waals surface area contributed by atoms with Crippen molar-refractivity contribution in [3.63, 3.8) is 0 Å². The molecule has 1 heterocycles. The van der Waals surface area contributed by atoms with Crippen molar-refractivity contribution >= 4 is 23.5 Å². The minimum atomic E-state index is 0.159. The molecule has 0 radical (unpaired) electrons. The molecule has 0 spiro atoms. The molecule has 1 amide bonds. The summed E-state index contributed by atoms with van der Waals surface area (Å²) >= 11 is 1.53. The van der Waals surface area contributed by atoms with E-state index in [1.54, 1.807) is 6.92 Å². The van der Waals surface area contributed by atoms with Crippen LogP contribution in [-0.4, -0.2) is 54.4 Å². The molecule has 0 aromatic carbocycles. The summed E-state index contributed by atoms with van der Waals surface area (Å²) < 4.78 is 5.16. The third-order valence-electron chi connectivity index (χ3n) is 2.19. The van der Waals surface area contributed by atoms with Gasteiger partial charge in [-0.25, -0.2) is 0 Å². The van der Waals surface area contributed by atoms with E-state index in [9.17, 15) is 9.59 Å². The van der Waals surface area contributed by atoms with Gasteiger partial charge in [0.2, 0.25) is 5.91 Å². The van der Waals surface area contributed by atoms with Crippen LogP contribution in [0, 0.1) is 0 Å². The lowest BCUT2D eigenvalue weighted by Gasteiger charge is -2.26. The SMILES string of the molecule is CC(=O)CCSCC(=O)N1CCOCC1. The molecule has 0 saturated carbocycles. The number of morpholine rings is 1. The van der Waals surface area contributed by atoms with Crippen molar-refractivity contribution < 1.29 is 14.3 Å². The maximum absolute atomic E-state index is 11.6. The largest absolute Gasteiger partial charge is 0.378 e. The summed E-state index contributed by atoms with van der Waals surface area (Å²) in [6.45, 7) is 4.26. The topological polar surface area (TPSA) is 46.6 Å². The highest BCUT2D eigenvalue weighted by Gasteiger charge is 2.16. The van der Waals surface area contributed by atoms with Gasteiger partial charge in [0.05, 0.1) is 19.0 Å². The average molecular weight is 231 g/mol. The lowest BCUT2D eigenvalue weighted by Crippen LogP contribution is -2.41. The van der Waals surface area contributed by atoms with E-state index in [4.69, 9.17) is 4.74 Å². The molecule has 1 aliphatic heterocycles. The molecule has 15 heavy (non-hydrogen) atoms. The molecule has 0 aromatic rings. The minimum Gasteiger partial charge on any atom is -0.378 e. The van der Waals surface area contributed by atoms with Gasteiger partial charge in [-0.3, -0.25) is 9.59 Å². The Bertz CT molecular complexity index is 227. The molecule has 1 fully saturated rings. The highest BCUT2D eigenvalue weighted by Crippen LogP contribution is 2.06. The van der Waals surface area contributed by atoms with E-state index in [1.165, 1.54) is 11.8 Å². The van der Waals surface area contributed by atoms with E-state index in [0.717, 1.165) is 5.75 Å². The predicted molar refractivity (Wildman–Crippen MR) is 60.0 cm³/mol. The van der Waals surface area contributed by atoms with Crippen LogP contribution < -0.4 is 0 Å². The molecule has 1 rings (SSSR count). The molecule has 5 heteroatoms. The van der Waals surface area contributed by atoms with Crippen molar-refractivity contribution in [2.75, 3.05) is 37.8 Å². The number of carbonyl (C=O) groups is 2. The molecule has 0 atom stereocenters. The van der Waals surface area contributed by atoms with Crippen LogP contribution in [0.4, 0.5) is 0 Å². The number of hydrogen-bond acceptors (Lipinski definition) is 4. The van der Waals surface area contributed by atoms with Gasteiger partial charge in [0, 0.05) is 25.3 Å². The normalized spacial score (nSPS) is 16.5. The third-order valence-corrected chi connectivity index (χ3v) is 3.13. The fourth-order valence-electron chi connectivity index (χ4n) is 1.28. The number of rotatable bonds is 5. The Morgan fingerprint density at radius 3 is 2.60 bits per heavy atom. The number of ether oxygens (including phenoxy) is 1. The second kappa shape index (κ2) is 6.85. The third kappa shape index (κ3) is 5.18. The first kappa shape index (κ1) is 12.5. The zero-order valence-corrected chi connectivity index (χ0v) is 9.85. The molecule has 0 aliphatic carbocycles. The first-order valence-electron chi connectivity index (χ1n) is 5.13. The van der Waals surface area contributed by atoms with Crippen molar-refractivity contribution in [1.29, 1.82) is 0 Å². The summed E-state index contributed by atoms with van der Waals surface area (Å²) in [7, 11) is 0. The number of ketones is 1. The van der Waals surface area contributed by atoms with Crippen LogP contribution in [0.1, 0.15) is 13.3 Å². The molecule has 1 aliphatic rings. The molecule has 4 nitrogen and oxygen atoms in total. The maximum Gasteiger partial charge on any atom is 0.232 e. The van der Waals surface area contributed by atoms with Crippen molar-refractivity contribution in [2.45, 2.75) is 13.3 Å². The zero-order valence-electron chi connectivity index (χ0n) is 9.03. The van der Waals surface area contributed by atoms with Crippen LogP contribution in [-0.2, 0) is 14.3 Å². The van der Waals surface area contributed by atoms with Crippen LogP contribution in [0.3, 0.4) is 0 Å². The Morgan fingerprint density at radius 1 is 1.33 bits per heavy atom. The summed E-state index contributed by atoms with van der Waals surface area (Å²) in [5, 5.41) is 0. The van der Waals surface area contributed by atoms with Crippen molar-refractivity contribution in [3.05, 3.63) is 0 Å². The van der Waals surface area contributed by atoms with E-state index >= 15 is 0 Å². The van der Waals surface area contributed by atoms with Gasteiger partial charge in [-0.15, -0.1) is 0 Å². The Balaban J connectivity index is 2.09. The lowest BCUT2D eigenvalue weighted by molar-refractivity contribution is -0.132. The molecule has 1 saturated heterocycles. The molecule has 0 N–H and O–H groups in total. The molecule has 0 unspecified atom stereocenters. The summed E-state index contributed by atoms with van der Waals surface area (Å²) in [5.41, 5.74) is 0. The van der Waals surface area contributed by atoms with Crippen LogP contribution in [0.25, 0.3) is 0 Å². The number of carbonyl (C=O) groups excluding carboxylic acids is 2. The maximum atomic E-state index is 11.6. The smallest absolute Gasteiger partial charge is 0.232 e. The van der Waals surface area contributed by atoms with E-state index in [-0.39, 0.29) is 11.7 Å². The van der Waals surface area contributed by atoms with Crippen molar-refractivity contribution in [1.82, 2.24) is 4.90 Å². The predicted octanol–water partition coefficient (Wildman–Crippen LogP) is 0.558. The lowest BCUT2D eigenvalue weighted by atomic mass is 10.4. The van der Waals surface area contributed by atoms with Gasteiger partial charge in [-0.1, -0.05) is 0 Å². The highest BCUT2D eigenvalue weighted by atomic mass is 32.2. The first-order chi connectivity index (χ1) is 7.20. The Labute approximate surface area is 94.3 Å². The molecule has 0 bridgehead atoms. The number of nitrogens with zero attached hydrogens (tertiary/aromatic N) is 1. The molecule has 86 valence electrons. The second-order valence-electron chi connectivity index (χ2n) is 3.50. The number of amides is 1. The van der Waals surface area contributed by atoms with Crippen LogP contribution in [0.2, 0.25) is 0 Å². The summed E-state index contributed by atoms with van der Waals surface area (Å²) in [4.78, 5) is 24.1. The van der Waals surface area contributed by atoms with Crippen LogP contribution >= 0.6 is 11.8 Å². The van der Waals surface area contributed by atoms with Crippen molar-refractivity contribution in [2.24, 2.45) is 0 Å². The van der Waals surface area contributed by atoms with Gasteiger partial charge in [0.25, 0.3) is 0 Å². The van der Waals surface area contributed by atoms with E-state index < -0.39 is 0 Å². The van der Waals surface area contributed by atoms with Gasteiger partial charge >= 0.3 is 0 Å². The van der Waals surface area contributed by atoms with Crippen LogP contribution in [0.15, 0.2) is 0 Å². The molecular formula is C10H17NO3S. The quantitative estimate of drug-likeness (QED) is 0.649. The Morgan fingerprint density at radius 2 is 2.00 bits per heavy atom. The number of thioether (sulfide) groups is 1. The van der Waals surface area contributed by atoms with Crippen molar-refractivity contribution in [3.8, 4) is 0 Å². The van der Waals surface area contributed by atoms with Gasteiger partial charge in [0.15, 0.2) is 0 Å². The Hall–Kier alpha value is -0.550.